The molecule has 0 fully saturated rings. The monoisotopic (exact) mass is 214 g/mol. The Bertz CT molecular complexity index is 396. The number of benzene rings is 1. The van der Waals surface area contributed by atoms with Gasteiger partial charge in [-0.05, 0) is 18.8 Å². The zero-order valence-electron chi connectivity index (χ0n) is 9.11. The molecule has 0 aliphatic heterocycles. The van der Waals surface area contributed by atoms with Crippen LogP contribution in [0.15, 0.2) is 30.3 Å². The first-order chi connectivity index (χ1) is 7.84. The van der Waals surface area contributed by atoms with Crippen molar-refractivity contribution in [2.75, 3.05) is 0 Å². The lowest BCUT2D eigenvalue weighted by Crippen LogP contribution is -1.93. The second kappa shape index (κ2) is 7.42. The van der Waals surface area contributed by atoms with Crippen molar-refractivity contribution in [2.45, 2.75) is 25.7 Å². The number of aldehydes is 1. The molecular weight excluding hydrogens is 200 g/mol. The molecule has 82 valence electrons. The third-order valence-electron chi connectivity index (χ3n) is 2.11. The Labute approximate surface area is 95.7 Å². The van der Waals surface area contributed by atoms with Crippen LogP contribution in [0.2, 0.25) is 0 Å². The number of hydrogen-bond donors (Lipinski definition) is 0. The molecule has 0 heterocycles. The topological polar surface area (TPSA) is 34.1 Å². The van der Waals surface area contributed by atoms with E-state index in [1.54, 1.807) is 12.1 Å². The van der Waals surface area contributed by atoms with E-state index in [1.165, 1.54) is 0 Å². The molecule has 1 rings (SSSR count). The molecule has 1 aromatic carbocycles. The van der Waals surface area contributed by atoms with Gasteiger partial charge >= 0.3 is 0 Å². The van der Waals surface area contributed by atoms with Crippen molar-refractivity contribution in [1.29, 1.82) is 0 Å². The number of carbonyl (C=O) groups excluding carboxylic acids is 2. The quantitative estimate of drug-likeness (QED) is 0.248. The third-order valence-corrected chi connectivity index (χ3v) is 2.11. The highest BCUT2D eigenvalue weighted by molar-refractivity contribution is 6.08. The van der Waals surface area contributed by atoms with E-state index in [9.17, 15) is 9.59 Å². The van der Waals surface area contributed by atoms with Crippen molar-refractivity contribution in [3.8, 4) is 11.8 Å². The number of ketones is 1. The molecule has 0 aliphatic rings. The highest BCUT2D eigenvalue weighted by Gasteiger charge is 1.98. The molecule has 1 aromatic rings. The van der Waals surface area contributed by atoms with E-state index in [4.69, 9.17) is 0 Å². The summed E-state index contributed by atoms with van der Waals surface area (Å²) in [6.45, 7) is 0. The largest absolute Gasteiger partial charge is 0.303 e. The molecule has 0 saturated heterocycles. The number of hydrogen-bond acceptors (Lipinski definition) is 2. The van der Waals surface area contributed by atoms with Crippen molar-refractivity contribution in [1.82, 2.24) is 0 Å². The van der Waals surface area contributed by atoms with Gasteiger partial charge in [0.2, 0.25) is 5.78 Å². The lowest BCUT2D eigenvalue weighted by atomic mass is 10.1. The van der Waals surface area contributed by atoms with E-state index in [0.29, 0.717) is 18.4 Å². The fourth-order valence-corrected chi connectivity index (χ4v) is 1.25. The van der Waals surface area contributed by atoms with Crippen LogP contribution in [0.1, 0.15) is 36.0 Å². The smallest absolute Gasteiger partial charge is 0.235 e. The maximum Gasteiger partial charge on any atom is 0.235 e. The fourth-order valence-electron chi connectivity index (χ4n) is 1.25. The Kier molecular flexibility index (Phi) is 5.65. The Hall–Kier alpha value is -1.88. The van der Waals surface area contributed by atoms with Gasteiger partial charge in [-0.2, -0.15) is 0 Å². The summed E-state index contributed by atoms with van der Waals surface area (Å²) >= 11 is 0. The van der Waals surface area contributed by atoms with Crippen LogP contribution in [0.25, 0.3) is 0 Å². The summed E-state index contributed by atoms with van der Waals surface area (Å²) in [6, 6.07) is 9.01. The van der Waals surface area contributed by atoms with Gasteiger partial charge in [0.05, 0.1) is 0 Å². The summed E-state index contributed by atoms with van der Waals surface area (Å²) in [4.78, 5) is 21.5. The highest BCUT2D eigenvalue weighted by atomic mass is 16.1. The lowest BCUT2D eigenvalue weighted by molar-refractivity contribution is -0.107. The van der Waals surface area contributed by atoms with E-state index in [1.807, 2.05) is 18.2 Å². The molecule has 0 saturated carbocycles. The predicted molar refractivity (Wildman–Crippen MR) is 63.1 cm³/mol. The molecule has 16 heavy (non-hydrogen) atoms. The molecular formula is C14H14O2. The molecule has 0 aromatic heterocycles. The molecule has 2 heteroatoms. The molecule has 0 aliphatic carbocycles. The molecule has 0 radical (unpaired) electrons. The van der Waals surface area contributed by atoms with Crippen molar-refractivity contribution in [3.63, 3.8) is 0 Å². The van der Waals surface area contributed by atoms with Crippen LogP contribution < -0.4 is 0 Å². The Morgan fingerprint density at radius 3 is 2.62 bits per heavy atom. The fraction of sp³-hybridized carbons (Fsp3) is 0.286. The SMILES string of the molecule is O=CCCCCC#CC(=O)c1ccccc1. The standard InChI is InChI=1S/C14H14O2/c15-12-8-3-1-2-7-11-14(16)13-9-5-4-6-10-13/h4-6,9-10,12H,1-3,8H2. The van der Waals surface area contributed by atoms with Crippen LogP contribution in [-0.4, -0.2) is 12.1 Å². The lowest BCUT2D eigenvalue weighted by Gasteiger charge is -1.91. The number of Topliss-reactive ketones (excluding diaryl/α,β-unsaturated/α-hetero) is 1. The molecule has 0 bridgehead atoms. The van der Waals surface area contributed by atoms with Gasteiger partial charge in [0.15, 0.2) is 0 Å². The number of rotatable bonds is 5. The maximum absolute atomic E-state index is 11.5. The summed E-state index contributed by atoms with van der Waals surface area (Å²) in [7, 11) is 0. The van der Waals surface area contributed by atoms with Gasteiger partial charge in [-0.3, -0.25) is 4.79 Å². The van der Waals surface area contributed by atoms with Gasteiger partial charge in [0, 0.05) is 18.4 Å². The molecule has 0 spiro atoms. The van der Waals surface area contributed by atoms with Gasteiger partial charge in [-0.25, -0.2) is 0 Å². The number of carbonyl (C=O) groups is 2. The zero-order valence-corrected chi connectivity index (χ0v) is 9.11. The molecule has 2 nitrogen and oxygen atoms in total. The first-order valence-electron chi connectivity index (χ1n) is 5.36. The van der Waals surface area contributed by atoms with Crippen LogP contribution in [-0.2, 0) is 4.79 Å². The normalized spacial score (nSPS) is 9.00. The molecule has 0 atom stereocenters. The van der Waals surface area contributed by atoms with Crippen molar-refractivity contribution in [2.24, 2.45) is 0 Å². The van der Waals surface area contributed by atoms with Crippen LogP contribution in [0.3, 0.4) is 0 Å². The molecule has 0 unspecified atom stereocenters. The first kappa shape index (κ1) is 12.2. The summed E-state index contributed by atoms with van der Waals surface area (Å²) in [6.07, 6.45) is 3.87. The van der Waals surface area contributed by atoms with Gasteiger partial charge in [-0.1, -0.05) is 36.3 Å². The predicted octanol–water partition coefficient (Wildman–Crippen LogP) is 2.63. The second-order valence-electron chi connectivity index (χ2n) is 3.41. The van der Waals surface area contributed by atoms with Crippen molar-refractivity contribution in [3.05, 3.63) is 35.9 Å². The average molecular weight is 214 g/mol. The average Bonchev–Trinajstić information content (AvgIpc) is 2.34. The van der Waals surface area contributed by atoms with Gasteiger partial charge in [-0.15, -0.1) is 0 Å². The zero-order chi connectivity index (χ0) is 11.6. The first-order valence-corrected chi connectivity index (χ1v) is 5.36. The van der Waals surface area contributed by atoms with E-state index in [-0.39, 0.29) is 5.78 Å². The highest BCUT2D eigenvalue weighted by Crippen LogP contribution is 2.00. The van der Waals surface area contributed by atoms with Crippen LogP contribution in [0.5, 0.6) is 0 Å². The van der Waals surface area contributed by atoms with E-state index in [0.717, 1.165) is 19.1 Å². The Balaban J connectivity index is 2.35. The summed E-state index contributed by atoms with van der Waals surface area (Å²) < 4.78 is 0. The van der Waals surface area contributed by atoms with Gasteiger partial charge in [0.1, 0.15) is 6.29 Å². The van der Waals surface area contributed by atoms with Crippen LogP contribution >= 0.6 is 0 Å². The van der Waals surface area contributed by atoms with E-state index < -0.39 is 0 Å². The Morgan fingerprint density at radius 2 is 1.94 bits per heavy atom. The minimum atomic E-state index is -0.143. The molecule has 0 N–H and O–H groups in total. The molecule has 0 amide bonds. The minimum absolute atomic E-state index is 0.143. The van der Waals surface area contributed by atoms with Crippen molar-refractivity contribution >= 4 is 12.1 Å². The van der Waals surface area contributed by atoms with Gasteiger partial charge in [0.25, 0.3) is 0 Å². The van der Waals surface area contributed by atoms with Crippen LogP contribution in [0.4, 0.5) is 0 Å². The second-order valence-corrected chi connectivity index (χ2v) is 3.41. The Morgan fingerprint density at radius 1 is 1.19 bits per heavy atom. The minimum Gasteiger partial charge on any atom is -0.303 e. The third kappa shape index (κ3) is 4.56. The van der Waals surface area contributed by atoms with Gasteiger partial charge < -0.3 is 4.79 Å². The summed E-state index contributed by atoms with van der Waals surface area (Å²) in [5.41, 5.74) is 0.628. The van der Waals surface area contributed by atoms with E-state index >= 15 is 0 Å². The number of unbranched alkanes of at least 4 members (excludes halogenated alkanes) is 3. The maximum atomic E-state index is 11.5. The summed E-state index contributed by atoms with van der Waals surface area (Å²) in [5, 5.41) is 0. The van der Waals surface area contributed by atoms with Crippen LogP contribution in [0, 0.1) is 11.8 Å². The van der Waals surface area contributed by atoms with E-state index in [2.05, 4.69) is 11.8 Å². The van der Waals surface area contributed by atoms with Crippen molar-refractivity contribution < 1.29 is 9.59 Å². The summed E-state index contributed by atoms with van der Waals surface area (Å²) in [5.74, 6) is 5.28.